The van der Waals surface area contributed by atoms with Crippen molar-refractivity contribution in [2.75, 3.05) is 11.5 Å². The Balaban J connectivity index is 3.98. The third kappa shape index (κ3) is 6.34. The Kier molecular flexibility index (Phi) is 4.45. The highest BCUT2D eigenvalue weighted by atomic mass is 32.2. The number of hydrogen-bond acceptors (Lipinski definition) is 3. The van der Waals surface area contributed by atoms with Crippen molar-refractivity contribution in [3.05, 3.63) is 0 Å². The largest absolute Gasteiger partial charge is 0.299 e. The van der Waals surface area contributed by atoms with E-state index in [0.717, 1.165) is 0 Å². The van der Waals surface area contributed by atoms with Crippen LogP contribution in [0.5, 0.6) is 0 Å². The lowest BCUT2D eigenvalue weighted by atomic mass is 10.2. The fraction of sp³-hybridized carbons (Fsp3) is 0.875. The lowest BCUT2D eigenvalue weighted by molar-refractivity contribution is -0.114. The molecule has 0 spiro atoms. The molecule has 0 aliphatic heterocycles. The number of ketones is 1. The summed E-state index contributed by atoms with van der Waals surface area (Å²) in [6.07, 6.45) is 0.635. The molecule has 0 heterocycles. The van der Waals surface area contributed by atoms with Crippen LogP contribution in [0.1, 0.15) is 27.2 Å². The van der Waals surface area contributed by atoms with E-state index < -0.39 is 9.84 Å². The molecular weight excluding hydrogens is 176 g/mol. The van der Waals surface area contributed by atoms with Crippen molar-refractivity contribution in [1.29, 1.82) is 0 Å². The minimum absolute atomic E-state index is 0.129. The van der Waals surface area contributed by atoms with Gasteiger partial charge in [0, 0.05) is 0 Å². The maximum absolute atomic E-state index is 11.1. The van der Waals surface area contributed by atoms with Gasteiger partial charge >= 0.3 is 0 Å². The van der Waals surface area contributed by atoms with Gasteiger partial charge in [-0.25, -0.2) is 8.42 Å². The number of Topliss-reactive ketones (excluding diaryl/α,β-unsaturated/α-hetero) is 1. The lowest BCUT2D eigenvalue weighted by Gasteiger charge is -2.04. The molecule has 12 heavy (non-hydrogen) atoms. The summed E-state index contributed by atoms with van der Waals surface area (Å²) in [7, 11) is -3.13. The van der Waals surface area contributed by atoms with Gasteiger partial charge in [0.15, 0.2) is 9.84 Å². The number of carbonyl (C=O) groups is 1. The van der Waals surface area contributed by atoms with E-state index in [0.29, 0.717) is 12.3 Å². The van der Waals surface area contributed by atoms with Crippen LogP contribution in [0.15, 0.2) is 0 Å². The summed E-state index contributed by atoms with van der Waals surface area (Å²) in [4.78, 5) is 10.5. The van der Waals surface area contributed by atoms with Crippen LogP contribution in [0.3, 0.4) is 0 Å². The Morgan fingerprint density at radius 1 is 1.33 bits per heavy atom. The van der Waals surface area contributed by atoms with E-state index in [9.17, 15) is 13.2 Å². The van der Waals surface area contributed by atoms with Crippen LogP contribution in [0.25, 0.3) is 0 Å². The van der Waals surface area contributed by atoms with Gasteiger partial charge in [-0.1, -0.05) is 13.8 Å². The predicted octanol–water partition coefficient (Wildman–Crippen LogP) is 1.04. The van der Waals surface area contributed by atoms with E-state index in [2.05, 4.69) is 0 Å². The van der Waals surface area contributed by atoms with Gasteiger partial charge in [0.25, 0.3) is 0 Å². The van der Waals surface area contributed by atoms with Gasteiger partial charge < -0.3 is 0 Å². The second-order valence-corrected chi connectivity index (χ2v) is 5.66. The minimum Gasteiger partial charge on any atom is -0.299 e. The van der Waals surface area contributed by atoms with Gasteiger partial charge in [-0.3, -0.25) is 4.79 Å². The van der Waals surface area contributed by atoms with Gasteiger partial charge in [-0.15, -0.1) is 0 Å². The van der Waals surface area contributed by atoms with Crippen molar-refractivity contribution in [1.82, 2.24) is 0 Å². The molecule has 0 atom stereocenters. The first kappa shape index (κ1) is 11.6. The molecule has 0 aliphatic rings. The Labute approximate surface area is 74.1 Å². The molecule has 0 aromatic carbocycles. The molecule has 0 saturated carbocycles. The summed E-state index contributed by atoms with van der Waals surface area (Å²) in [6.45, 7) is 5.22. The lowest BCUT2D eigenvalue weighted by Crippen LogP contribution is -2.17. The van der Waals surface area contributed by atoms with Crippen LogP contribution >= 0.6 is 0 Å². The molecule has 0 fully saturated rings. The fourth-order valence-electron chi connectivity index (χ4n) is 0.797. The van der Waals surface area contributed by atoms with E-state index in [1.54, 1.807) is 0 Å². The highest BCUT2D eigenvalue weighted by molar-refractivity contribution is 7.92. The summed E-state index contributed by atoms with van der Waals surface area (Å²) >= 11 is 0. The van der Waals surface area contributed by atoms with Crippen molar-refractivity contribution in [2.24, 2.45) is 5.92 Å². The van der Waals surface area contributed by atoms with Crippen molar-refractivity contribution in [3.63, 3.8) is 0 Å². The molecule has 72 valence electrons. The Bertz CT molecular complexity index is 239. The van der Waals surface area contributed by atoms with E-state index in [1.807, 2.05) is 13.8 Å². The van der Waals surface area contributed by atoms with E-state index in [-0.39, 0.29) is 17.3 Å². The predicted molar refractivity (Wildman–Crippen MR) is 48.8 cm³/mol. The molecule has 0 N–H and O–H groups in total. The maximum Gasteiger partial charge on any atom is 0.157 e. The minimum atomic E-state index is -3.13. The van der Waals surface area contributed by atoms with Crippen molar-refractivity contribution in [3.8, 4) is 0 Å². The Hall–Kier alpha value is -0.380. The normalized spacial score (nSPS) is 12.0. The third-order valence-corrected chi connectivity index (χ3v) is 3.13. The van der Waals surface area contributed by atoms with Gasteiger partial charge in [-0.2, -0.15) is 0 Å². The molecule has 0 bridgehead atoms. The molecule has 0 unspecified atom stereocenters. The maximum atomic E-state index is 11.1. The van der Waals surface area contributed by atoms with Gasteiger partial charge in [0.2, 0.25) is 0 Å². The van der Waals surface area contributed by atoms with E-state index >= 15 is 0 Å². The Morgan fingerprint density at radius 3 is 2.17 bits per heavy atom. The number of rotatable bonds is 5. The summed E-state index contributed by atoms with van der Waals surface area (Å²) in [5, 5.41) is 0. The average molecular weight is 192 g/mol. The van der Waals surface area contributed by atoms with Crippen LogP contribution in [-0.2, 0) is 14.6 Å². The molecule has 0 radical (unpaired) electrons. The second-order valence-electron chi connectivity index (χ2n) is 3.48. The molecule has 3 nitrogen and oxygen atoms in total. The monoisotopic (exact) mass is 192 g/mol. The highest BCUT2D eigenvalue weighted by Crippen LogP contribution is 2.03. The molecule has 0 aromatic heterocycles. The zero-order chi connectivity index (χ0) is 9.78. The molecular formula is C8H16O3S. The van der Waals surface area contributed by atoms with Crippen LogP contribution in [-0.4, -0.2) is 25.7 Å². The third-order valence-electron chi connectivity index (χ3n) is 1.43. The zero-order valence-corrected chi connectivity index (χ0v) is 8.65. The van der Waals surface area contributed by atoms with Crippen molar-refractivity contribution >= 4 is 15.6 Å². The standard InChI is InChI=1S/C8H16O3S/c1-7(2)4-5-12(10,11)6-8(3)9/h7H,4-6H2,1-3H3. The number of carbonyl (C=O) groups excluding carboxylic acids is 1. The SMILES string of the molecule is CC(=O)CS(=O)(=O)CCC(C)C. The zero-order valence-electron chi connectivity index (χ0n) is 7.83. The molecule has 0 aromatic rings. The first-order valence-corrected chi connectivity index (χ1v) is 5.85. The molecule has 0 aliphatic carbocycles. The van der Waals surface area contributed by atoms with Gasteiger partial charge in [0.05, 0.1) is 5.75 Å². The molecule has 4 heteroatoms. The van der Waals surface area contributed by atoms with Crippen LogP contribution < -0.4 is 0 Å². The molecule has 0 rings (SSSR count). The molecule has 0 amide bonds. The first-order chi connectivity index (χ1) is 5.33. The van der Waals surface area contributed by atoms with Gasteiger partial charge in [0.1, 0.15) is 11.5 Å². The van der Waals surface area contributed by atoms with Crippen LogP contribution in [0.4, 0.5) is 0 Å². The number of sulfone groups is 1. The van der Waals surface area contributed by atoms with Gasteiger partial charge in [-0.05, 0) is 19.3 Å². The van der Waals surface area contributed by atoms with E-state index in [4.69, 9.17) is 0 Å². The van der Waals surface area contributed by atoms with Crippen molar-refractivity contribution < 1.29 is 13.2 Å². The summed E-state index contributed by atoms with van der Waals surface area (Å²) < 4.78 is 22.2. The average Bonchev–Trinajstić information content (AvgIpc) is 1.81. The van der Waals surface area contributed by atoms with Crippen LogP contribution in [0.2, 0.25) is 0 Å². The topological polar surface area (TPSA) is 51.2 Å². The fourth-order valence-corrected chi connectivity index (χ4v) is 2.39. The number of hydrogen-bond donors (Lipinski definition) is 0. The first-order valence-electron chi connectivity index (χ1n) is 4.03. The molecule has 0 saturated heterocycles. The Morgan fingerprint density at radius 2 is 1.83 bits per heavy atom. The summed E-state index contributed by atoms with van der Waals surface area (Å²) in [6, 6.07) is 0. The second kappa shape index (κ2) is 4.60. The smallest absolute Gasteiger partial charge is 0.157 e. The summed E-state index contributed by atoms with van der Waals surface area (Å²) in [5.74, 6) is -0.0882. The highest BCUT2D eigenvalue weighted by Gasteiger charge is 2.13. The van der Waals surface area contributed by atoms with Crippen LogP contribution in [0, 0.1) is 5.92 Å². The quantitative estimate of drug-likeness (QED) is 0.654. The van der Waals surface area contributed by atoms with E-state index in [1.165, 1.54) is 6.92 Å². The van der Waals surface area contributed by atoms with Crippen molar-refractivity contribution in [2.45, 2.75) is 27.2 Å². The summed E-state index contributed by atoms with van der Waals surface area (Å²) in [5.41, 5.74) is 0.